The molecule has 7 N–H and O–H groups in total. The number of thiol groups is 1. The van der Waals surface area contributed by atoms with Gasteiger partial charge in [0, 0.05) is 12.2 Å². The molecule has 0 aromatic carbocycles. The largest absolute Gasteiger partial charge is 0.480 e. The number of amides is 3. The van der Waals surface area contributed by atoms with E-state index in [2.05, 4.69) is 23.3 Å². The number of hydrogen-bond donors (Lipinski definition) is 6. The summed E-state index contributed by atoms with van der Waals surface area (Å²) in [7, 11) is 0. The van der Waals surface area contributed by atoms with Crippen LogP contribution in [0.4, 0.5) is 0 Å². The van der Waals surface area contributed by atoms with E-state index in [-0.39, 0.29) is 24.5 Å². The Bertz CT molecular complexity index is 474. The van der Waals surface area contributed by atoms with Crippen LogP contribution in [0.5, 0.6) is 0 Å². The Balaban J connectivity index is 4.76. The normalized spacial score (nSPS) is 15.7. The van der Waals surface area contributed by atoms with Gasteiger partial charge in [0.2, 0.25) is 17.7 Å². The Morgan fingerprint density at radius 1 is 1.17 bits per heavy atom. The lowest BCUT2D eigenvalue weighted by Crippen LogP contribution is -2.56. The van der Waals surface area contributed by atoms with Crippen molar-refractivity contribution in [3.05, 3.63) is 0 Å². The molecule has 3 amide bonds. The van der Waals surface area contributed by atoms with Gasteiger partial charge in [-0.15, -0.1) is 0 Å². The highest BCUT2D eigenvalue weighted by molar-refractivity contribution is 7.80. The molecular weight excluding hydrogens is 336 g/mol. The summed E-state index contributed by atoms with van der Waals surface area (Å²) in [5, 5.41) is 14.0. The van der Waals surface area contributed by atoms with E-state index in [0.717, 1.165) is 0 Å². The molecule has 0 heterocycles. The zero-order valence-electron chi connectivity index (χ0n) is 13.8. The van der Waals surface area contributed by atoms with E-state index in [4.69, 9.17) is 11.5 Å². The van der Waals surface area contributed by atoms with Gasteiger partial charge >= 0.3 is 5.97 Å². The zero-order chi connectivity index (χ0) is 18.9. The molecule has 0 spiro atoms. The highest BCUT2D eigenvalue weighted by Gasteiger charge is 2.29. The van der Waals surface area contributed by atoms with Crippen molar-refractivity contribution < 1.29 is 24.3 Å². The first kappa shape index (κ1) is 22.2. The van der Waals surface area contributed by atoms with E-state index in [0.29, 0.717) is 6.42 Å². The monoisotopic (exact) mass is 362 g/mol. The number of carboxylic acids is 1. The molecular formula is C14H26N4O5S. The maximum atomic E-state index is 12.2. The van der Waals surface area contributed by atoms with Gasteiger partial charge in [-0.1, -0.05) is 20.3 Å². The first-order valence-electron chi connectivity index (χ1n) is 7.62. The van der Waals surface area contributed by atoms with Crippen molar-refractivity contribution in [1.29, 1.82) is 0 Å². The molecule has 0 saturated heterocycles. The van der Waals surface area contributed by atoms with E-state index in [1.807, 2.05) is 6.92 Å². The average Bonchev–Trinajstić information content (AvgIpc) is 2.53. The van der Waals surface area contributed by atoms with E-state index in [9.17, 15) is 24.3 Å². The summed E-state index contributed by atoms with van der Waals surface area (Å²) in [5.41, 5.74) is 10.6. The number of hydrogen-bond acceptors (Lipinski definition) is 6. The standard InChI is InChI=1S/C14H26N4O5S/c1-3-7(2)11(14(22)23)18-13(21)9(6-24)17-12(20)8(15)4-5-10(16)19/h7-9,11,24H,3-6,15H2,1-2H3,(H2,16,19)(H,17,20)(H,18,21)(H,22,23)/t7-,8-,9-,11-/m0/s1. The number of rotatable bonds is 11. The molecule has 10 heteroatoms. The molecule has 0 aliphatic carbocycles. The van der Waals surface area contributed by atoms with Gasteiger partial charge in [-0.2, -0.15) is 12.6 Å². The summed E-state index contributed by atoms with van der Waals surface area (Å²) in [6, 6.07) is -3.10. The van der Waals surface area contributed by atoms with Gasteiger partial charge in [-0.25, -0.2) is 4.79 Å². The van der Waals surface area contributed by atoms with Crippen LogP contribution >= 0.6 is 12.6 Å². The van der Waals surface area contributed by atoms with Crippen LogP contribution in [0.15, 0.2) is 0 Å². The van der Waals surface area contributed by atoms with Crippen molar-refractivity contribution in [2.45, 2.75) is 51.2 Å². The lowest BCUT2D eigenvalue weighted by atomic mass is 9.99. The number of nitrogens with two attached hydrogens (primary N) is 2. The van der Waals surface area contributed by atoms with E-state index >= 15 is 0 Å². The summed E-state index contributed by atoms with van der Waals surface area (Å²) in [6.07, 6.45) is 0.557. The molecule has 24 heavy (non-hydrogen) atoms. The Morgan fingerprint density at radius 3 is 2.17 bits per heavy atom. The third kappa shape index (κ3) is 7.64. The van der Waals surface area contributed by atoms with E-state index in [1.54, 1.807) is 6.92 Å². The molecule has 0 bridgehead atoms. The fourth-order valence-corrected chi connectivity index (χ4v) is 2.10. The Morgan fingerprint density at radius 2 is 1.75 bits per heavy atom. The topological polar surface area (TPSA) is 165 Å². The van der Waals surface area contributed by atoms with Crippen LogP contribution in [0.1, 0.15) is 33.1 Å². The molecule has 0 unspecified atom stereocenters. The predicted molar refractivity (Wildman–Crippen MR) is 91.2 cm³/mol. The minimum Gasteiger partial charge on any atom is -0.480 e. The maximum absolute atomic E-state index is 12.2. The molecule has 0 rings (SSSR count). The minimum absolute atomic E-state index is 0.0348. The molecule has 0 aliphatic heterocycles. The summed E-state index contributed by atoms with van der Waals surface area (Å²) >= 11 is 3.99. The molecule has 0 saturated carbocycles. The fraction of sp³-hybridized carbons (Fsp3) is 0.714. The van der Waals surface area contributed by atoms with Gasteiger partial charge < -0.3 is 27.2 Å². The number of primary amides is 1. The van der Waals surface area contributed by atoms with Crippen LogP contribution in [-0.4, -0.2) is 52.7 Å². The van der Waals surface area contributed by atoms with Crippen molar-refractivity contribution in [2.75, 3.05) is 5.75 Å². The first-order chi connectivity index (χ1) is 11.1. The van der Waals surface area contributed by atoms with Crippen LogP contribution in [0.25, 0.3) is 0 Å². The molecule has 0 fully saturated rings. The van der Waals surface area contributed by atoms with Crippen molar-refractivity contribution >= 4 is 36.3 Å². The summed E-state index contributed by atoms with van der Waals surface area (Å²) in [5.74, 6) is -3.35. The minimum atomic E-state index is -1.15. The lowest BCUT2D eigenvalue weighted by molar-refractivity contribution is -0.143. The SMILES string of the molecule is CC[C@H](C)[C@H](NC(=O)[C@H](CS)NC(=O)[C@@H](N)CCC(N)=O)C(=O)O. The van der Waals surface area contributed by atoms with Gasteiger partial charge in [0.15, 0.2) is 0 Å². The highest BCUT2D eigenvalue weighted by Crippen LogP contribution is 2.08. The molecule has 0 radical (unpaired) electrons. The molecule has 0 aromatic heterocycles. The van der Waals surface area contributed by atoms with Gasteiger partial charge in [0.1, 0.15) is 12.1 Å². The second-order valence-electron chi connectivity index (χ2n) is 5.57. The Kier molecular flexibility index (Phi) is 10.0. The lowest BCUT2D eigenvalue weighted by Gasteiger charge is -2.24. The fourth-order valence-electron chi connectivity index (χ4n) is 1.84. The van der Waals surface area contributed by atoms with Crippen LogP contribution in [-0.2, 0) is 19.2 Å². The van der Waals surface area contributed by atoms with Crippen molar-refractivity contribution in [1.82, 2.24) is 10.6 Å². The van der Waals surface area contributed by atoms with Gasteiger partial charge in [-0.3, -0.25) is 14.4 Å². The number of carbonyl (C=O) groups excluding carboxylic acids is 3. The van der Waals surface area contributed by atoms with Crippen LogP contribution in [0.3, 0.4) is 0 Å². The number of nitrogens with one attached hydrogen (secondary N) is 2. The summed E-state index contributed by atoms with van der Waals surface area (Å²) in [6.45, 7) is 3.51. The average molecular weight is 362 g/mol. The summed E-state index contributed by atoms with van der Waals surface area (Å²) in [4.78, 5) is 46.0. The maximum Gasteiger partial charge on any atom is 0.326 e. The third-order valence-electron chi connectivity index (χ3n) is 3.63. The van der Waals surface area contributed by atoms with Gasteiger partial charge in [0.25, 0.3) is 0 Å². The molecule has 9 nitrogen and oxygen atoms in total. The van der Waals surface area contributed by atoms with Gasteiger partial charge in [-0.05, 0) is 12.3 Å². The first-order valence-corrected chi connectivity index (χ1v) is 8.25. The number of carboxylic acid groups (broad SMARTS) is 1. The third-order valence-corrected chi connectivity index (χ3v) is 4.00. The second kappa shape index (κ2) is 10.9. The number of carbonyl (C=O) groups is 4. The summed E-state index contributed by atoms with van der Waals surface area (Å²) < 4.78 is 0. The molecule has 138 valence electrons. The van der Waals surface area contributed by atoms with E-state index in [1.165, 1.54) is 0 Å². The number of aliphatic carboxylic acids is 1. The van der Waals surface area contributed by atoms with Crippen LogP contribution < -0.4 is 22.1 Å². The van der Waals surface area contributed by atoms with E-state index < -0.39 is 41.8 Å². The second-order valence-corrected chi connectivity index (χ2v) is 5.93. The van der Waals surface area contributed by atoms with Crippen LogP contribution in [0.2, 0.25) is 0 Å². The molecule has 4 atom stereocenters. The highest BCUT2D eigenvalue weighted by atomic mass is 32.1. The Labute approximate surface area is 146 Å². The predicted octanol–water partition coefficient (Wildman–Crippen LogP) is -1.39. The zero-order valence-corrected chi connectivity index (χ0v) is 14.7. The van der Waals surface area contributed by atoms with Crippen LogP contribution in [0, 0.1) is 5.92 Å². The van der Waals surface area contributed by atoms with Crippen molar-refractivity contribution in [3.8, 4) is 0 Å². The molecule has 0 aliphatic rings. The molecule has 0 aromatic rings. The quantitative estimate of drug-likeness (QED) is 0.248. The van der Waals surface area contributed by atoms with Gasteiger partial charge in [0.05, 0.1) is 6.04 Å². The Hall–Kier alpha value is -1.81. The van der Waals surface area contributed by atoms with Crippen molar-refractivity contribution in [3.63, 3.8) is 0 Å². The van der Waals surface area contributed by atoms with Crippen molar-refractivity contribution in [2.24, 2.45) is 17.4 Å². The smallest absolute Gasteiger partial charge is 0.326 e.